The van der Waals surface area contributed by atoms with Crippen molar-refractivity contribution in [1.82, 2.24) is 5.32 Å². The van der Waals surface area contributed by atoms with Gasteiger partial charge in [-0.25, -0.2) is 0 Å². The Kier molecular flexibility index (Phi) is 4.90. The maximum Gasteiger partial charge on any atom is 0.00199 e. The molecular formula is C12H26N2. The third kappa shape index (κ3) is 3.58. The van der Waals surface area contributed by atoms with Crippen LogP contribution in [-0.2, 0) is 0 Å². The van der Waals surface area contributed by atoms with Crippen LogP contribution in [-0.4, -0.2) is 19.6 Å². The third-order valence-electron chi connectivity index (χ3n) is 3.48. The molecule has 0 aromatic rings. The highest BCUT2D eigenvalue weighted by atomic mass is 14.9. The van der Waals surface area contributed by atoms with Crippen LogP contribution in [0.25, 0.3) is 0 Å². The lowest BCUT2D eigenvalue weighted by molar-refractivity contribution is 0.141. The van der Waals surface area contributed by atoms with Crippen molar-refractivity contribution in [3.05, 3.63) is 0 Å². The molecule has 1 saturated carbocycles. The lowest BCUT2D eigenvalue weighted by atomic mass is 9.69. The molecule has 84 valence electrons. The quantitative estimate of drug-likeness (QED) is 0.615. The normalized spacial score (nSPS) is 19.7. The lowest BCUT2D eigenvalue weighted by Crippen LogP contribution is -2.45. The molecule has 0 bridgehead atoms. The molecule has 0 aromatic heterocycles. The summed E-state index contributed by atoms with van der Waals surface area (Å²) in [5.41, 5.74) is 6.26. The number of hydrogen-bond acceptors (Lipinski definition) is 2. The van der Waals surface area contributed by atoms with E-state index in [2.05, 4.69) is 19.2 Å². The van der Waals surface area contributed by atoms with E-state index in [1.807, 2.05) is 0 Å². The van der Waals surface area contributed by atoms with E-state index in [4.69, 9.17) is 5.73 Å². The summed E-state index contributed by atoms with van der Waals surface area (Å²) in [4.78, 5) is 0. The molecule has 0 heterocycles. The summed E-state index contributed by atoms with van der Waals surface area (Å²) in [5, 5.41) is 3.55. The SMILES string of the molecule is CC(C)CCCNCC1(CN)CCC1. The fourth-order valence-electron chi connectivity index (χ4n) is 2.12. The highest BCUT2D eigenvalue weighted by Gasteiger charge is 2.34. The predicted molar refractivity (Wildman–Crippen MR) is 62.3 cm³/mol. The second kappa shape index (κ2) is 5.72. The molecule has 2 heteroatoms. The van der Waals surface area contributed by atoms with Gasteiger partial charge in [-0.1, -0.05) is 20.3 Å². The summed E-state index contributed by atoms with van der Waals surface area (Å²) in [5.74, 6) is 0.837. The smallest absolute Gasteiger partial charge is 0.00199 e. The van der Waals surface area contributed by atoms with E-state index in [-0.39, 0.29) is 0 Å². The maximum atomic E-state index is 5.79. The van der Waals surface area contributed by atoms with E-state index in [1.165, 1.54) is 38.6 Å². The lowest BCUT2D eigenvalue weighted by Gasteiger charge is -2.41. The van der Waals surface area contributed by atoms with Crippen LogP contribution in [0.3, 0.4) is 0 Å². The minimum absolute atomic E-state index is 0.470. The zero-order valence-corrected chi connectivity index (χ0v) is 9.81. The van der Waals surface area contributed by atoms with Gasteiger partial charge in [0.2, 0.25) is 0 Å². The Bertz CT molecular complexity index is 145. The zero-order chi connectivity index (χ0) is 10.4. The second-order valence-electron chi connectivity index (χ2n) is 5.27. The van der Waals surface area contributed by atoms with Gasteiger partial charge in [-0.2, -0.15) is 0 Å². The van der Waals surface area contributed by atoms with Gasteiger partial charge in [0.25, 0.3) is 0 Å². The monoisotopic (exact) mass is 198 g/mol. The van der Waals surface area contributed by atoms with Gasteiger partial charge in [0, 0.05) is 6.54 Å². The molecule has 1 fully saturated rings. The van der Waals surface area contributed by atoms with Gasteiger partial charge < -0.3 is 11.1 Å². The molecule has 0 amide bonds. The Morgan fingerprint density at radius 1 is 1.36 bits per heavy atom. The number of hydrogen-bond donors (Lipinski definition) is 2. The van der Waals surface area contributed by atoms with Crippen LogP contribution in [0.1, 0.15) is 46.0 Å². The molecule has 14 heavy (non-hydrogen) atoms. The second-order valence-corrected chi connectivity index (χ2v) is 5.27. The molecule has 0 radical (unpaired) electrons. The summed E-state index contributed by atoms with van der Waals surface area (Å²) >= 11 is 0. The van der Waals surface area contributed by atoms with Crippen LogP contribution in [0.2, 0.25) is 0 Å². The molecule has 1 aliphatic rings. The average molecular weight is 198 g/mol. The highest BCUT2D eigenvalue weighted by molar-refractivity contribution is 4.90. The molecule has 3 N–H and O–H groups in total. The minimum Gasteiger partial charge on any atom is -0.330 e. The van der Waals surface area contributed by atoms with Crippen molar-refractivity contribution in [2.75, 3.05) is 19.6 Å². The van der Waals surface area contributed by atoms with Gasteiger partial charge in [0.05, 0.1) is 0 Å². The van der Waals surface area contributed by atoms with Crippen LogP contribution >= 0.6 is 0 Å². The van der Waals surface area contributed by atoms with Gasteiger partial charge in [0.1, 0.15) is 0 Å². The summed E-state index contributed by atoms with van der Waals surface area (Å²) < 4.78 is 0. The van der Waals surface area contributed by atoms with Crippen LogP contribution in [0.5, 0.6) is 0 Å². The van der Waals surface area contributed by atoms with Crippen LogP contribution in [0, 0.1) is 11.3 Å². The Morgan fingerprint density at radius 3 is 2.50 bits per heavy atom. The van der Waals surface area contributed by atoms with E-state index >= 15 is 0 Å². The molecule has 1 aliphatic carbocycles. The molecule has 0 spiro atoms. The maximum absolute atomic E-state index is 5.79. The molecule has 0 atom stereocenters. The standard InChI is InChI=1S/C12H26N2/c1-11(2)5-3-8-14-10-12(9-13)6-4-7-12/h11,14H,3-10,13H2,1-2H3. The van der Waals surface area contributed by atoms with E-state index in [1.54, 1.807) is 0 Å². The Balaban J connectivity index is 1.97. The van der Waals surface area contributed by atoms with Gasteiger partial charge in [0.15, 0.2) is 0 Å². The van der Waals surface area contributed by atoms with Crippen LogP contribution in [0.15, 0.2) is 0 Å². The molecular weight excluding hydrogens is 172 g/mol. The number of rotatable bonds is 7. The van der Waals surface area contributed by atoms with Crippen molar-refractivity contribution in [2.45, 2.75) is 46.0 Å². The molecule has 0 aliphatic heterocycles. The van der Waals surface area contributed by atoms with E-state index in [9.17, 15) is 0 Å². The summed E-state index contributed by atoms with van der Waals surface area (Å²) in [6, 6.07) is 0. The van der Waals surface area contributed by atoms with E-state index in [0.29, 0.717) is 5.41 Å². The first-order chi connectivity index (χ1) is 6.68. The van der Waals surface area contributed by atoms with Crippen molar-refractivity contribution >= 4 is 0 Å². The molecule has 0 unspecified atom stereocenters. The Labute approximate surface area is 88.6 Å². The largest absolute Gasteiger partial charge is 0.330 e. The highest BCUT2D eigenvalue weighted by Crippen LogP contribution is 2.38. The first kappa shape index (κ1) is 12.0. The predicted octanol–water partition coefficient (Wildman–Crippen LogP) is 2.14. The Morgan fingerprint density at radius 2 is 2.07 bits per heavy atom. The van der Waals surface area contributed by atoms with E-state index < -0.39 is 0 Å². The van der Waals surface area contributed by atoms with Gasteiger partial charge >= 0.3 is 0 Å². The minimum atomic E-state index is 0.470. The van der Waals surface area contributed by atoms with Crippen molar-refractivity contribution in [3.8, 4) is 0 Å². The number of nitrogens with two attached hydrogens (primary N) is 1. The topological polar surface area (TPSA) is 38.0 Å². The fraction of sp³-hybridized carbons (Fsp3) is 1.00. The fourth-order valence-corrected chi connectivity index (χ4v) is 2.12. The van der Waals surface area contributed by atoms with Crippen LogP contribution < -0.4 is 11.1 Å². The summed E-state index contributed by atoms with van der Waals surface area (Å²) in [6.07, 6.45) is 6.69. The Hall–Kier alpha value is -0.0800. The molecule has 1 rings (SSSR count). The third-order valence-corrected chi connectivity index (χ3v) is 3.48. The molecule has 0 saturated heterocycles. The molecule has 2 nitrogen and oxygen atoms in total. The summed E-state index contributed by atoms with van der Waals surface area (Å²) in [6.45, 7) is 7.74. The number of nitrogens with one attached hydrogen (secondary N) is 1. The zero-order valence-electron chi connectivity index (χ0n) is 9.81. The molecule has 0 aromatic carbocycles. The first-order valence-corrected chi connectivity index (χ1v) is 6.09. The van der Waals surface area contributed by atoms with Crippen molar-refractivity contribution in [2.24, 2.45) is 17.1 Å². The van der Waals surface area contributed by atoms with Crippen molar-refractivity contribution in [1.29, 1.82) is 0 Å². The van der Waals surface area contributed by atoms with Gasteiger partial charge in [-0.15, -0.1) is 0 Å². The van der Waals surface area contributed by atoms with E-state index in [0.717, 1.165) is 19.0 Å². The first-order valence-electron chi connectivity index (χ1n) is 6.09. The van der Waals surface area contributed by atoms with Gasteiger partial charge in [-0.05, 0) is 50.1 Å². The van der Waals surface area contributed by atoms with Crippen LogP contribution in [0.4, 0.5) is 0 Å². The van der Waals surface area contributed by atoms with Gasteiger partial charge in [-0.3, -0.25) is 0 Å². The van der Waals surface area contributed by atoms with Crippen molar-refractivity contribution < 1.29 is 0 Å². The average Bonchev–Trinajstić information content (AvgIpc) is 2.08. The summed E-state index contributed by atoms with van der Waals surface area (Å²) in [7, 11) is 0. The van der Waals surface area contributed by atoms with Crippen molar-refractivity contribution in [3.63, 3.8) is 0 Å².